The van der Waals surface area contributed by atoms with Crippen LogP contribution in [-0.4, -0.2) is 21.7 Å². The maximum atomic E-state index is 9.82. The minimum Gasteiger partial charge on any atom is -0.506 e. The van der Waals surface area contributed by atoms with Crippen LogP contribution in [0.5, 0.6) is 11.5 Å². The van der Waals surface area contributed by atoms with E-state index in [9.17, 15) is 10.4 Å². The van der Waals surface area contributed by atoms with Gasteiger partial charge in [0.25, 0.3) is 0 Å². The van der Waals surface area contributed by atoms with Crippen molar-refractivity contribution >= 4 is 39.0 Å². The predicted octanol–water partition coefficient (Wildman–Crippen LogP) is 6.27. The van der Waals surface area contributed by atoms with E-state index in [1.165, 1.54) is 23.7 Å². The largest absolute Gasteiger partial charge is 0.506 e. The maximum absolute atomic E-state index is 9.82. The van der Waals surface area contributed by atoms with Gasteiger partial charge in [0.05, 0.1) is 28.6 Å². The summed E-state index contributed by atoms with van der Waals surface area (Å²) in [5.74, 6) is 1.10. The fourth-order valence-electron chi connectivity index (χ4n) is 3.03. The Hall–Kier alpha value is -3.54. The van der Waals surface area contributed by atoms with Gasteiger partial charge in [0.2, 0.25) is 0 Å². The lowest BCUT2D eigenvalue weighted by atomic mass is 10.1. The molecule has 0 amide bonds. The zero-order valence-corrected chi connectivity index (χ0v) is 18.0. The van der Waals surface area contributed by atoms with Gasteiger partial charge in [-0.2, -0.15) is 10.4 Å². The Morgan fingerprint density at radius 1 is 1.23 bits per heavy atom. The van der Waals surface area contributed by atoms with Gasteiger partial charge in [0.15, 0.2) is 5.82 Å². The molecule has 0 atom stereocenters. The number of rotatable bonds is 6. The molecule has 0 fully saturated rings. The number of hydrogen-bond acceptors (Lipinski definition) is 8. The summed E-state index contributed by atoms with van der Waals surface area (Å²) in [6, 6.07) is 14.7. The highest BCUT2D eigenvalue weighted by Gasteiger charge is 2.20. The summed E-state index contributed by atoms with van der Waals surface area (Å²) >= 11 is 7.32. The molecule has 0 aliphatic heterocycles. The maximum Gasteiger partial charge on any atom is 0.195 e. The molecular formula is C22H16ClN5O2S. The average Bonchev–Trinajstić information content (AvgIpc) is 3.16. The molecule has 2 aromatic carbocycles. The molecule has 0 spiro atoms. The topological polar surface area (TPSA) is 104 Å². The van der Waals surface area contributed by atoms with Crippen molar-refractivity contribution < 1.29 is 9.84 Å². The summed E-state index contributed by atoms with van der Waals surface area (Å²) in [4.78, 5) is 9.31. The summed E-state index contributed by atoms with van der Waals surface area (Å²) in [5.41, 5.74) is 2.61. The molecule has 7 nitrogen and oxygen atoms in total. The van der Waals surface area contributed by atoms with Gasteiger partial charge in [-0.05, 0) is 36.8 Å². The van der Waals surface area contributed by atoms with Gasteiger partial charge in [-0.15, -0.1) is 16.5 Å². The summed E-state index contributed by atoms with van der Waals surface area (Å²) in [6.07, 6.45) is 1.37. The molecule has 0 bridgehead atoms. The van der Waals surface area contributed by atoms with Crippen LogP contribution in [0, 0.1) is 11.3 Å². The van der Waals surface area contributed by atoms with Crippen LogP contribution in [0.4, 0.5) is 5.82 Å². The molecular weight excluding hydrogens is 434 g/mol. The van der Waals surface area contributed by atoms with E-state index in [1.807, 2.05) is 31.2 Å². The van der Waals surface area contributed by atoms with Crippen LogP contribution in [0.2, 0.25) is 5.02 Å². The van der Waals surface area contributed by atoms with E-state index in [2.05, 4.69) is 26.3 Å². The number of aromatic nitrogens is 2. The fourth-order valence-corrected chi connectivity index (χ4v) is 4.40. The number of azo groups is 1. The van der Waals surface area contributed by atoms with E-state index < -0.39 is 0 Å². The van der Waals surface area contributed by atoms with Crippen molar-refractivity contribution in [3.05, 3.63) is 64.9 Å². The Kier molecular flexibility index (Phi) is 6.07. The normalized spacial score (nSPS) is 11.1. The van der Waals surface area contributed by atoms with Crippen molar-refractivity contribution in [2.75, 3.05) is 6.61 Å². The summed E-state index contributed by atoms with van der Waals surface area (Å²) in [5, 5.41) is 28.1. The van der Waals surface area contributed by atoms with Crippen LogP contribution in [-0.2, 0) is 6.54 Å². The van der Waals surface area contributed by atoms with Crippen LogP contribution < -0.4 is 4.74 Å². The number of ether oxygens (including phenoxy) is 1. The predicted molar refractivity (Wildman–Crippen MR) is 120 cm³/mol. The van der Waals surface area contributed by atoms with Crippen molar-refractivity contribution in [3.8, 4) is 28.0 Å². The lowest BCUT2D eigenvalue weighted by Crippen LogP contribution is -1.93. The Morgan fingerprint density at radius 3 is 2.84 bits per heavy atom. The zero-order valence-electron chi connectivity index (χ0n) is 16.4. The first-order valence-corrected chi connectivity index (χ1v) is 10.6. The molecule has 0 aliphatic carbocycles. The van der Waals surface area contributed by atoms with Crippen molar-refractivity contribution in [3.63, 3.8) is 0 Å². The van der Waals surface area contributed by atoms with Crippen LogP contribution in [0.1, 0.15) is 18.1 Å². The number of nitrogens with zero attached hydrogens (tertiary/aromatic N) is 5. The molecule has 0 saturated heterocycles. The molecule has 0 radical (unpaired) electrons. The first-order valence-electron chi connectivity index (χ1n) is 9.37. The van der Waals surface area contributed by atoms with E-state index in [-0.39, 0.29) is 17.3 Å². The van der Waals surface area contributed by atoms with Gasteiger partial charge in [-0.25, -0.2) is 9.97 Å². The molecule has 31 heavy (non-hydrogen) atoms. The second-order valence-electron chi connectivity index (χ2n) is 6.41. The number of phenols is 1. The van der Waals surface area contributed by atoms with Gasteiger partial charge in [0, 0.05) is 5.56 Å². The third-order valence-electron chi connectivity index (χ3n) is 4.43. The lowest BCUT2D eigenvalue weighted by Gasteiger charge is -2.08. The van der Waals surface area contributed by atoms with Crippen LogP contribution >= 0.6 is 22.9 Å². The van der Waals surface area contributed by atoms with Crippen molar-refractivity contribution in [1.82, 2.24) is 9.97 Å². The molecule has 0 saturated carbocycles. The molecule has 2 aromatic heterocycles. The summed E-state index contributed by atoms with van der Waals surface area (Å²) in [7, 11) is 0. The number of halogens is 1. The Morgan fingerprint density at radius 2 is 2.06 bits per heavy atom. The van der Waals surface area contributed by atoms with Crippen LogP contribution in [0.25, 0.3) is 20.7 Å². The van der Waals surface area contributed by atoms with Crippen LogP contribution in [0.15, 0.2) is 59.0 Å². The number of nitriles is 1. The number of hydrogen-bond donors (Lipinski definition) is 1. The number of phenolic OH excluding ortho intramolecular Hbond substituents is 1. The first kappa shape index (κ1) is 20.7. The van der Waals surface area contributed by atoms with E-state index in [0.717, 1.165) is 16.0 Å². The van der Waals surface area contributed by atoms with Crippen LogP contribution in [0.3, 0.4) is 0 Å². The number of thiophene rings is 1. The molecule has 4 rings (SSSR count). The standard InChI is InChI=1S/C22H16ClN5O2S/c1-2-30-18-6-4-3-5-14(18)20-15(10-24)19-21(31-20)22(26-12-25-19)28-27-11-13-7-8-17(29)16(23)9-13/h3-9,12,29H,2,11H2,1H3. The van der Waals surface area contributed by atoms with Gasteiger partial charge in [-0.3, -0.25) is 0 Å². The van der Waals surface area contributed by atoms with E-state index >= 15 is 0 Å². The highest BCUT2D eigenvalue weighted by Crippen LogP contribution is 2.43. The minimum atomic E-state index is 0.0161. The average molecular weight is 450 g/mol. The zero-order chi connectivity index (χ0) is 21.8. The van der Waals surface area contributed by atoms with Crippen molar-refractivity contribution in [1.29, 1.82) is 5.26 Å². The van der Waals surface area contributed by atoms with E-state index in [4.69, 9.17) is 16.3 Å². The number of aromatic hydroxyl groups is 1. The monoisotopic (exact) mass is 449 g/mol. The third kappa shape index (κ3) is 4.19. The number of benzene rings is 2. The highest BCUT2D eigenvalue weighted by atomic mass is 35.5. The molecule has 0 unspecified atom stereocenters. The Bertz CT molecular complexity index is 1330. The van der Waals surface area contributed by atoms with Crippen molar-refractivity contribution in [2.24, 2.45) is 10.2 Å². The van der Waals surface area contributed by atoms with Gasteiger partial charge < -0.3 is 9.84 Å². The number of fused-ring (bicyclic) bond motifs is 1. The third-order valence-corrected chi connectivity index (χ3v) is 5.94. The van der Waals surface area contributed by atoms with Crippen molar-refractivity contribution in [2.45, 2.75) is 13.5 Å². The molecule has 4 aromatic rings. The fraction of sp³-hybridized carbons (Fsp3) is 0.136. The minimum absolute atomic E-state index is 0.0161. The van der Waals surface area contributed by atoms with Gasteiger partial charge in [0.1, 0.15) is 34.1 Å². The molecule has 9 heteroatoms. The Balaban J connectivity index is 1.74. The first-order chi connectivity index (χ1) is 15.1. The molecule has 1 N–H and O–H groups in total. The highest BCUT2D eigenvalue weighted by molar-refractivity contribution is 7.23. The number of para-hydroxylation sites is 1. The SMILES string of the molecule is CCOc1ccccc1-c1sc2c(N=NCc3ccc(O)c(Cl)c3)ncnc2c1C#N. The summed E-state index contributed by atoms with van der Waals surface area (Å²) in [6.45, 7) is 2.70. The molecule has 0 aliphatic rings. The molecule has 154 valence electrons. The van der Waals surface area contributed by atoms with E-state index in [0.29, 0.717) is 34.0 Å². The quantitative estimate of drug-likeness (QED) is 0.349. The van der Waals surface area contributed by atoms with Gasteiger partial charge in [-0.1, -0.05) is 29.8 Å². The van der Waals surface area contributed by atoms with Gasteiger partial charge >= 0.3 is 0 Å². The Labute approximate surface area is 187 Å². The second-order valence-corrected chi connectivity index (χ2v) is 7.84. The van der Waals surface area contributed by atoms with E-state index in [1.54, 1.807) is 12.1 Å². The molecule has 2 heterocycles. The smallest absolute Gasteiger partial charge is 0.195 e. The summed E-state index contributed by atoms with van der Waals surface area (Å²) < 4.78 is 6.41. The second kappa shape index (κ2) is 9.08. The lowest BCUT2D eigenvalue weighted by molar-refractivity contribution is 0.341.